The monoisotopic (exact) mass is 455 g/mol. The van der Waals surface area contributed by atoms with Gasteiger partial charge in [0.1, 0.15) is 11.4 Å². The lowest BCUT2D eigenvalue weighted by molar-refractivity contribution is 0.0159. The van der Waals surface area contributed by atoms with E-state index in [4.69, 9.17) is 14.6 Å². The molecule has 2 aliphatic rings. The number of carbonyl (C=O) groups excluding carboxylic acids is 2. The Balaban J connectivity index is 1.54. The minimum absolute atomic E-state index is 0.00894. The molecule has 0 radical (unpaired) electrons. The Kier molecular flexibility index (Phi) is 6.47. The molecule has 0 unspecified atom stereocenters. The Labute approximate surface area is 194 Å². The van der Waals surface area contributed by atoms with Crippen LogP contribution in [0.15, 0.2) is 24.3 Å². The number of amides is 1. The normalized spacial score (nSPS) is 17.8. The third kappa shape index (κ3) is 5.05. The summed E-state index contributed by atoms with van der Waals surface area (Å²) in [6.07, 6.45) is 3.21. The van der Waals surface area contributed by atoms with E-state index < -0.39 is 5.97 Å². The van der Waals surface area contributed by atoms with Crippen LogP contribution in [0.1, 0.15) is 65.7 Å². The summed E-state index contributed by atoms with van der Waals surface area (Å²) >= 11 is 0. The van der Waals surface area contributed by atoms with Gasteiger partial charge in [-0.25, -0.2) is 4.79 Å². The molecule has 2 aromatic rings. The molecule has 1 aromatic carbocycles. The van der Waals surface area contributed by atoms with Crippen molar-refractivity contribution >= 4 is 11.9 Å². The predicted octanol–water partition coefficient (Wildman–Crippen LogP) is 3.12. The summed E-state index contributed by atoms with van der Waals surface area (Å²) in [5, 5.41) is 17.4. The lowest BCUT2D eigenvalue weighted by atomic mass is 9.74. The number of ether oxygens (including phenoxy) is 2. The van der Waals surface area contributed by atoms with Gasteiger partial charge in [0.25, 0.3) is 5.91 Å². The zero-order chi connectivity index (χ0) is 23.6. The molecular formula is C25H33N3O5. The van der Waals surface area contributed by atoms with Gasteiger partial charge in [-0.1, -0.05) is 13.8 Å². The number of nitrogens with zero attached hydrogens (tertiary/aromatic N) is 2. The number of aromatic nitrogens is 2. The summed E-state index contributed by atoms with van der Waals surface area (Å²) in [4.78, 5) is 25.4. The molecule has 0 aliphatic carbocycles. The third-order valence-corrected chi connectivity index (χ3v) is 6.72. The maximum absolute atomic E-state index is 13.0. The van der Waals surface area contributed by atoms with E-state index in [0.717, 1.165) is 30.5 Å². The van der Waals surface area contributed by atoms with Crippen molar-refractivity contribution in [3.8, 4) is 5.75 Å². The second-order valence-electron chi connectivity index (χ2n) is 10.0. The SMILES string of the molecule is CCn1nc(CC(C)(C)COC(=O)c2ccc(O)cc2)c2c1C(=O)NCC1(CCOCC1)C2. The number of phenols is 1. The van der Waals surface area contributed by atoms with Gasteiger partial charge in [0.2, 0.25) is 0 Å². The van der Waals surface area contributed by atoms with Crippen LogP contribution in [0.3, 0.4) is 0 Å². The highest BCUT2D eigenvalue weighted by Crippen LogP contribution is 2.38. The van der Waals surface area contributed by atoms with E-state index in [1.54, 1.807) is 16.8 Å². The van der Waals surface area contributed by atoms with Gasteiger partial charge in [-0.3, -0.25) is 9.48 Å². The number of nitrogens with one attached hydrogen (secondary N) is 1. The first-order chi connectivity index (χ1) is 15.7. The van der Waals surface area contributed by atoms with Gasteiger partial charge in [-0.05, 0) is 55.9 Å². The maximum atomic E-state index is 13.0. The van der Waals surface area contributed by atoms with Crippen molar-refractivity contribution in [1.82, 2.24) is 15.1 Å². The van der Waals surface area contributed by atoms with Gasteiger partial charge in [-0.2, -0.15) is 5.10 Å². The first-order valence-corrected chi connectivity index (χ1v) is 11.6. The van der Waals surface area contributed by atoms with Crippen LogP contribution in [0.2, 0.25) is 0 Å². The minimum atomic E-state index is -0.429. The van der Waals surface area contributed by atoms with Crippen LogP contribution in [0.25, 0.3) is 0 Å². The first kappa shape index (κ1) is 23.3. The molecule has 2 N–H and O–H groups in total. The van der Waals surface area contributed by atoms with Crippen molar-refractivity contribution in [1.29, 1.82) is 0 Å². The number of hydrogen-bond donors (Lipinski definition) is 2. The van der Waals surface area contributed by atoms with Crippen molar-refractivity contribution in [3.63, 3.8) is 0 Å². The zero-order valence-corrected chi connectivity index (χ0v) is 19.6. The average molecular weight is 456 g/mol. The lowest BCUT2D eigenvalue weighted by Crippen LogP contribution is -2.40. The maximum Gasteiger partial charge on any atom is 0.338 e. The van der Waals surface area contributed by atoms with Crippen molar-refractivity contribution in [2.75, 3.05) is 26.4 Å². The fourth-order valence-electron chi connectivity index (χ4n) is 4.75. The van der Waals surface area contributed by atoms with Crippen LogP contribution in [-0.2, 0) is 28.9 Å². The van der Waals surface area contributed by atoms with Crippen LogP contribution in [0.4, 0.5) is 0 Å². The molecule has 1 spiro atoms. The second-order valence-corrected chi connectivity index (χ2v) is 10.0. The van der Waals surface area contributed by atoms with E-state index >= 15 is 0 Å². The van der Waals surface area contributed by atoms with Gasteiger partial charge >= 0.3 is 5.97 Å². The van der Waals surface area contributed by atoms with E-state index in [-0.39, 0.29) is 29.1 Å². The molecule has 1 aromatic heterocycles. The number of esters is 1. The molecule has 0 saturated carbocycles. The summed E-state index contributed by atoms with van der Waals surface area (Å²) < 4.78 is 13.0. The van der Waals surface area contributed by atoms with Gasteiger partial charge < -0.3 is 19.9 Å². The summed E-state index contributed by atoms with van der Waals surface area (Å²) in [6.45, 7) is 8.96. The topological polar surface area (TPSA) is 103 Å². The van der Waals surface area contributed by atoms with E-state index in [9.17, 15) is 14.7 Å². The Morgan fingerprint density at radius 1 is 1.27 bits per heavy atom. The number of hydrogen-bond acceptors (Lipinski definition) is 6. The van der Waals surface area contributed by atoms with Crippen molar-refractivity contribution in [3.05, 3.63) is 46.8 Å². The van der Waals surface area contributed by atoms with E-state index in [1.165, 1.54) is 12.1 Å². The van der Waals surface area contributed by atoms with Crippen LogP contribution in [0, 0.1) is 10.8 Å². The van der Waals surface area contributed by atoms with Crippen molar-refractivity contribution in [2.45, 2.75) is 53.0 Å². The summed E-state index contributed by atoms with van der Waals surface area (Å²) in [5.41, 5.74) is 2.59. The zero-order valence-electron chi connectivity index (χ0n) is 19.6. The molecule has 1 saturated heterocycles. The minimum Gasteiger partial charge on any atom is -0.508 e. The molecular weight excluding hydrogens is 422 g/mol. The van der Waals surface area contributed by atoms with Gasteiger partial charge in [0.15, 0.2) is 0 Å². The highest BCUT2D eigenvalue weighted by Gasteiger charge is 2.40. The van der Waals surface area contributed by atoms with Crippen LogP contribution < -0.4 is 5.32 Å². The molecule has 2 aliphatic heterocycles. The average Bonchev–Trinajstić information content (AvgIpc) is 3.05. The van der Waals surface area contributed by atoms with E-state index in [0.29, 0.717) is 44.0 Å². The molecule has 4 rings (SSSR count). The lowest BCUT2D eigenvalue weighted by Gasteiger charge is -2.36. The largest absolute Gasteiger partial charge is 0.508 e. The Hall–Kier alpha value is -2.87. The molecule has 0 bridgehead atoms. The number of aryl methyl sites for hydroxylation is 1. The highest BCUT2D eigenvalue weighted by atomic mass is 16.5. The quantitative estimate of drug-likeness (QED) is 0.649. The van der Waals surface area contributed by atoms with Crippen LogP contribution in [-0.4, -0.2) is 53.1 Å². The molecule has 8 nitrogen and oxygen atoms in total. The van der Waals surface area contributed by atoms with Gasteiger partial charge in [-0.15, -0.1) is 0 Å². The number of phenolic OH excluding ortho intramolecular Hbond substituents is 1. The smallest absolute Gasteiger partial charge is 0.338 e. The molecule has 3 heterocycles. The van der Waals surface area contributed by atoms with Gasteiger partial charge in [0, 0.05) is 43.7 Å². The fourth-order valence-corrected chi connectivity index (χ4v) is 4.75. The summed E-state index contributed by atoms with van der Waals surface area (Å²) in [5.74, 6) is -0.391. The van der Waals surface area contributed by atoms with E-state index in [1.807, 2.05) is 20.8 Å². The van der Waals surface area contributed by atoms with Crippen LogP contribution in [0.5, 0.6) is 5.75 Å². The first-order valence-electron chi connectivity index (χ1n) is 11.6. The Morgan fingerprint density at radius 3 is 2.64 bits per heavy atom. The number of rotatable bonds is 6. The number of benzene rings is 1. The highest BCUT2D eigenvalue weighted by molar-refractivity contribution is 5.95. The second kappa shape index (κ2) is 9.17. The van der Waals surface area contributed by atoms with Crippen molar-refractivity contribution < 1.29 is 24.2 Å². The molecule has 1 fully saturated rings. The van der Waals surface area contributed by atoms with Crippen molar-refractivity contribution in [2.24, 2.45) is 10.8 Å². The molecule has 178 valence electrons. The predicted molar refractivity (Wildman–Crippen MR) is 122 cm³/mol. The molecule has 8 heteroatoms. The molecule has 33 heavy (non-hydrogen) atoms. The third-order valence-electron chi connectivity index (χ3n) is 6.72. The molecule has 1 amide bonds. The molecule has 0 atom stereocenters. The Morgan fingerprint density at radius 2 is 1.97 bits per heavy atom. The Bertz CT molecular complexity index is 1020. The summed E-state index contributed by atoms with van der Waals surface area (Å²) in [6, 6.07) is 6.01. The number of aromatic hydroxyl groups is 1. The van der Waals surface area contributed by atoms with E-state index in [2.05, 4.69) is 5.32 Å². The fraction of sp³-hybridized carbons (Fsp3) is 0.560. The number of fused-ring (bicyclic) bond motifs is 1. The van der Waals surface area contributed by atoms with Gasteiger partial charge in [0.05, 0.1) is 17.9 Å². The standard InChI is InChI=1S/C25H33N3O5/c1-4-28-21-19(13-25(15-26-22(21)30)9-11-32-12-10-25)20(27-28)14-24(2,3)16-33-23(31)17-5-7-18(29)8-6-17/h5-8,29H,4,9-16H2,1-3H3,(H,26,30). The number of carbonyl (C=O) groups is 2. The summed E-state index contributed by atoms with van der Waals surface area (Å²) in [7, 11) is 0. The van der Waals surface area contributed by atoms with Crippen LogP contribution >= 0.6 is 0 Å².